The first-order chi connectivity index (χ1) is 12.3. The molecule has 3 aromatic rings. The van der Waals surface area contributed by atoms with Crippen LogP contribution < -0.4 is 10.5 Å². The van der Waals surface area contributed by atoms with E-state index in [2.05, 4.69) is 16.0 Å². The van der Waals surface area contributed by atoms with Gasteiger partial charge in [0.1, 0.15) is 11.1 Å². The molecule has 4 heterocycles. The second-order valence-corrected chi connectivity index (χ2v) is 6.67. The maximum absolute atomic E-state index is 12.5. The molecule has 6 nitrogen and oxygen atoms in total. The maximum Gasteiger partial charge on any atom is 0.349 e. The lowest BCUT2D eigenvalue weighted by Gasteiger charge is -2.37. The smallest absolute Gasteiger partial charge is 0.349 e. The van der Waals surface area contributed by atoms with Crippen molar-refractivity contribution >= 4 is 22.9 Å². The summed E-state index contributed by atoms with van der Waals surface area (Å²) in [6.07, 6.45) is 9.64. The normalized spacial score (nSPS) is 16.1. The van der Waals surface area contributed by atoms with Gasteiger partial charge in [0.25, 0.3) is 0 Å². The molecule has 25 heavy (non-hydrogen) atoms. The molecule has 6 heteroatoms. The van der Waals surface area contributed by atoms with Gasteiger partial charge in [0, 0.05) is 42.1 Å². The Morgan fingerprint density at radius 2 is 2.00 bits per heavy atom. The van der Waals surface area contributed by atoms with Crippen LogP contribution in [0, 0.1) is 0 Å². The molecule has 5 rings (SSSR count). The molecular formula is C19H17N3O3. The zero-order valence-corrected chi connectivity index (χ0v) is 13.7. The largest absolute Gasteiger partial charge is 0.422 e. The van der Waals surface area contributed by atoms with E-state index in [0.717, 1.165) is 49.7 Å². The third-order valence-corrected chi connectivity index (χ3v) is 5.28. The highest BCUT2D eigenvalue weighted by atomic mass is 16.4. The summed E-state index contributed by atoms with van der Waals surface area (Å²) < 4.78 is 7.37. The number of fused-ring (bicyclic) bond motifs is 2. The van der Waals surface area contributed by atoms with Crippen molar-refractivity contribution in [3.63, 3.8) is 0 Å². The average Bonchev–Trinajstić information content (AvgIpc) is 3.16. The number of carbonyl (C=O) groups excluding carboxylic acids is 1. The Balaban J connectivity index is 1.95. The number of carbonyl (C=O) groups is 1. The minimum Gasteiger partial charge on any atom is -0.422 e. The molecule has 0 spiro atoms. The van der Waals surface area contributed by atoms with Crippen LogP contribution in [0.25, 0.3) is 16.7 Å². The first-order valence-corrected chi connectivity index (χ1v) is 8.62. The molecule has 126 valence electrons. The Morgan fingerprint density at radius 1 is 1.16 bits per heavy atom. The van der Waals surface area contributed by atoms with Crippen molar-refractivity contribution in [2.45, 2.75) is 25.7 Å². The Hall–Kier alpha value is -2.89. The van der Waals surface area contributed by atoms with E-state index in [1.807, 2.05) is 0 Å². The van der Waals surface area contributed by atoms with Crippen LogP contribution in [0.3, 0.4) is 0 Å². The van der Waals surface area contributed by atoms with Gasteiger partial charge in [-0.1, -0.05) is 0 Å². The van der Waals surface area contributed by atoms with Gasteiger partial charge in [-0.3, -0.25) is 4.79 Å². The number of benzene rings is 1. The minimum absolute atomic E-state index is 0.0427. The molecule has 0 bridgehead atoms. The SMILES string of the molecule is O=Cc1c(-n2ccnc2)c2cc3c4c(c2oc1=O)CCCN4CCC3. The third-order valence-electron chi connectivity index (χ3n) is 5.28. The summed E-state index contributed by atoms with van der Waals surface area (Å²) >= 11 is 0. The van der Waals surface area contributed by atoms with Crippen LogP contribution in [0.5, 0.6) is 0 Å². The Labute approximate surface area is 143 Å². The van der Waals surface area contributed by atoms with Crippen molar-refractivity contribution in [2.24, 2.45) is 0 Å². The first kappa shape index (κ1) is 14.5. The fourth-order valence-corrected chi connectivity index (χ4v) is 4.29. The van der Waals surface area contributed by atoms with Gasteiger partial charge in [0.15, 0.2) is 6.29 Å². The van der Waals surface area contributed by atoms with Crippen LogP contribution in [-0.2, 0) is 12.8 Å². The summed E-state index contributed by atoms with van der Waals surface area (Å²) in [5.41, 5.74) is 4.26. The second kappa shape index (κ2) is 5.31. The summed E-state index contributed by atoms with van der Waals surface area (Å²) in [6.45, 7) is 2.10. The van der Waals surface area contributed by atoms with Gasteiger partial charge in [0.05, 0.1) is 12.0 Å². The monoisotopic (exact) mass is 335 g/mol. The zero-order valence-electron chi connectivity index (χ0n) is 13.7. The van der Waals surface area contributed by atoms with Crippen LogP contribution in [0.15, 0.2) is 34.0 Å². The molecule has 2 aromatic heterocycles. The van der Waals surface area contributed by atoms with Gasteiger partial charge in [0.2, 0.25) is 0 Å². The van der Waals surface area contributed by atoms with Crippen LogP contribution in [0.2, 0.25) is 0 Å². The molecular weight excluding hydrogens is 318 g/mol. The molecule has 0 saturated carbocycles. The Kier molecular flexibility index (Phi) is 3.07. The molecule has 0 aliphatic carbocycles. The summed E-state index contributed by atoms with van der Waals surface area (Å²) in [5.74, 6) is 0. The summed E-state index contributed by atoms with van der Waals surface area (Å²) in [4.78, 5) is 30.5. The predicted molar refractivity (Wildman–Crippen MR) is 93.8 cm³/mol. The van der Waals surface area contributed by atoms with E-state index in [9.17, 15) is 9.59 Å². The molecule has 0 N–H and O–H groups in total. The maximum atomic E-state index is 12.5. The van der Waals surface area contributed by atoms with E-state index >= 15 is 0 Å². The van der Waals surface area contributed by atoms with Crippen LogP contribution in [-0.4, -0.2) is 28.9 Å². The van der Waals surface area contributed by atoms with Gasteiger partial charge < -0.3 is 13.9 Å². The summed E-state index contributed by atoms with van der Waals surface area (Å²) in [5, 5.41) is 0.817. The molecule has 0 radical (unpaired) electrons. The number of rotatable bonds is 2. The number of aromatic nitrogens is 2. The highest BCUT2D eigenvalue weighted by Gasteiger charge is 2.29. The van der Waals surface area contributed by atoms with Crippen LogP contribution in [0.1, 0.15) is 34.3 Å². The van der Waals surface area contributed by atoms with Crippen molar-refractivity contribution in [1.82, 2.24) is 9.55 Å². The van der Waals surface area contributed by atoms with Crippen molar-refractivity contribution in [1.29, 1.82) is 0 Å². The lowest BCUT2D eigenvalue weighted by Crippen LogP contribution is -2.34. The lowest BCUT2D eigenvalue weighted by atomic mass is 9.89. The number of nitrogens with zero attached hydrogens (tertiary/aromatic N) is 3. The van der Waals surface area contributed by atoms with E-state index in [1.54, 1.807) is 23.3 Å². The number of aryl methyl sites for hydroxylation is 2. The first-order valence-electron chi connectivity index (χ1n) is 8.62. The number of anilines is 1. The molecule has 2 aliphatic heterocycles. The van der Waals surface area contributed by atoms with Crippen LogP contribution in [0.4, 0.5) is 5.69 Å². The number of imidazole rings is 1. The van der Waals surface area contributed by atoms with Gasteiger partial charge in [-0.05, 0) is 37.3 Å². The topological polar surface area (TPSA) is 68.3 Å². The summed E-state index contributed by atoms with van der Waals surface area (Å²) in [6, 6.07) is 2.09. The van der Waals surface area contributed by atoms with Gasteiger partial charge in [-0.15, -0.1) is 0 Å². The lowest BCUT2D eigenvalue weighted by molar-refractivity contribution is 0.112. The number of hydrogen-bond donors (Lipinski definition) is 0. The van der Waals surface area contributed by atoms with Crippen molar-refractivity contribution in [3.8, 4) is 5.69 Å². The van der Waals surface area contributed by atoms with Gasteiger partial charge in [-0.25, -0.2) is 9.78 Å². The third kappa shape index (κ3) is 2.00. The zero-order chi connectivity index (χ0) is 17.0. The van der Waals surface area contributed by atoms with Crippen molar-refractivity contribution in [3.05, 3.63) is 51.9 Å². The fourth-order valence-electron chi connectivity index (χ4n) is 4.29. The van der Waals surface area contributed by atoms with Crippen molar-refractivity contribution in [2.75, 3.05) is 18.0 Å². The molecule has 1 aromatic carbocycles. The Bertz CT molecular complexity index is 1050. The highest BCUT2D eigenvalue weighted by molar-refractivity contribution is 5.99. The summed E-state index contributed by atoms with van der Waals surface area (Å²) in [7, 11) is 0. The van der Waals surface area contributed by atoms with E-state index in [-0.39, 0.29) is 5.56 Å². The number of aldehydes is 1. The van der Waals surface area contributed by atoms with Gasteiger partial charge >= 0.3 is 5.63 Å². The average molecular weight is 335 g/mol. The second-order valence-electron chi connectivity index (χ2n) is 6.67. The molecule has 0 amide bonds. The van der Waals surface area contributed by atoms with E-state index in [4.69, 9.17) is 4.42 Å². The van der Waals surface area contributed by atoms with E-state index in [1.165, 1.54) is 11.3 Å². The molecule has 0 atom stereocenters. The molecule has 0 fully saturated rings. The van der Waals surface area contributed by atoms with Crippen molar-refractivity contribution < 1.29 is 9.21 Å². The van der Waals surface area contributed by atoms with Crippen LogP contribution >= 0.6 is 0 Å². The van der Waals surface area contributed by atoms with Gasteiger partial charge in [-0.2, -0.15) is 0 Å². The molecule has 0 saturated heterocycles. The molecule has 0 unspecified atom stereocenters. The highest BCUT2D eigenvalue weighted by Crippen LogP contribution is 2.41. The minimum atomic E-state index is -0.588. The Morgan fingerprint density at radius 3 is 2.76 bits per heavy atom. The number of hydrogen-bond acceptors (Lipinski definition) is 5. The predicted octanol–water partition coefficient (Wildman–Crippen LogP) is 2.49. The van der Waals surface area contributed by atoms with E-state index < -0.39 is 5.63 Å². The molecule has 2 aliphatic rings. The fraction of sp³-hybridized carbons (Fsp3) is 0.316. The standard InChI is InChI=1S/C19H17N3O3/c23-10-15-17(22-8-5-20-11-22)14-9-12-3-1-6-21-7-2-4-13(16(12)21)18(14)25-19(15)24/h5,8-11H,1-4,6-7H2. The quantitative estimate of drug-likeness (QED) is 0.532. The van der Waals surface area contributed by atoms with E-state index in [0.29, 0.717) is 17.6 Å².